The zero-order valence-corrected chi connectivity index (χ0v) is 23.0. The summed E-state index contributed by atoms with van der Waals surface area (Å²) in [5, 5.41) is 3.33. The Balaban J connectivity index is 2.03. The normalized spacial score (nSPS) is 12.2. The number of carbonyl (C=O) groups is 2. The molecule has 0 saturated carbocycles. The van der Waals surface area contributed by atoms with Gasteiger partial charge < -0.3 is 10.2 Å². The van der Waals surface area contributed by atoms with Gasteiger partial charge in [-0.2, -0.15) is 0 Å². The van der Waals surface area contributed by atoms with Crippen molar-refractivity contribution in [1.82, 2.24) is 10.2 Å². The summed E-state index contributed by atoms with van der Waals surface area (Å²) in [4.78, 5) is 28.2. The van der Waals surface area contributed by atoms with Gasteiger partial charge >= 0.3 is 0 Å². The van der Waals surface area contributed by atoms with E-state index in [2.05, 4.69) is 5.32 Å². The molecule has 196 valence electrons. The first kappa shape index (κ1) is 28.2. The van der Waals surface area contributed by atoms with Crippen LogP contribution in [0.15, 0.2) is 83.8 Å². The van der Waals surface area contributed by atoms with Crippen LogP contribution in [-0.2, 0) is 26.2 Å². The van der Waals surface area contributed by atoms with Gasteiger partial charge in [-0.25, -0.2) is 8.42 Å². The quantitative estimate of drug-likeness (QED) is 0.400. The molecule has 1 atom stereocenters. The van der Waals surface area contributed by atoms with Crippen LogP contribution in [0.3, 0.4) is 0 Å². The van der Waals surface area contributed by atoms with E-state index in [1.54, 1.807) is 80.6 Å². The van der Waals surface area contributed by atoms with Gasteiger partial charge in [0, 0.05) is 17.6 Å². The van der Waals surface area contributed by atoms with Gasteiger partial charge in [0.05, 0.1) is 10.6 Å². The number of hydrogen-bond donors (Lipinski definition) is 1. The first-order chi connectivity index (χ1) is 17.5. The summed E-state index contributed by atoms with van der Waals surface area (Å²) in [6.07, 6.45) is 0. The lowest BCUT2D eigenvalue weighted by Gasteiger charge is -2.32. The number of para-hydroxylation sites is 1. The lowest BCUT2D eigenvalue weighted by molar-refractivity contribution is -0.139. The maximum atomic E-state index is 13.8. The highest BCUT2D eigenvalue weighted by Gasteiger charge is 2.33. The zero-order valence-electron chi connectivity index (χ0n) is 21.4. The molecule has 9 heteroatoms. The van der Waals surface area contributed by atoms with Crippen molar-refractivity contribution >= 4 is 39.1 Å². The standard InChI is InChI=1S/C28H32ClN3O4S/c1-20(2)30-28(34)22(4)31(18-23-12-10-13-24(29)17-23)27(33)19-32(26-16-9-8-11-21(26)3)37(35,36)25-14-6-5-7-15-25/h5-17,20,22H,18-19H2,1-4H3,(H,30,34). The Kier molecular flexibility index (Phi) is 9.34. The molecule has 0 heterocycles. The molecule has 0 aliphatic heterocycles. The molecule has 0 aliphatic rings. The van der Waals surface area contributed by atoms with Gasteiger partial charge in [-0.15, -0.1) is 0 Å². The summed E-state index contributed by atoms with van der Waals surface area (Å²) in [6.45, 7) is 6.68. The second-order valence-corrected chi connectivity index (χ2v) is 11.4. The molecule has 1 N–H and O–H groups in total. The number of nitrogens with one attached hydrogen (secondary N) is 1. The topological polar surface area (TPSA) is 86.8 Å². The number of anilines is 1. The Morgan fingerprint density at radius 3 is 2.19 bits per heavy atom. The van der Waals surface area contributed by atoms with E-state index in [4.69, 9.17) is 11.6 Å². The number of hydrogen-bond acceptors (Lipinski definition) is 4. The summed E-state index contributed by atoms with van der Waals surface area (Å²) in [6, 6.07) is 21.0. The highest BCUT2D eigenvalue weighted by molar-refractivity contribution is 7.92. The fourth-order valence-electron chi connectivity index (χ4n) is 3.90. The SMILES string of the molecule is Cc1ccccc1N(CC(=O)N(Cc1cccc(Cl)c1)C(C)C(=O)NC(C)C)S(=O)(=O)c1ccccc1. The van der Waals surface area contributed by atoms with Crippen LogP contribution in [0.4, 0.5) is 5.69 Å². The zero-order chi connectivity index (χ0) is 27.2. The molecular formula is C28H32ClN3O4S. The Labute approximate surface area is 224 Å². The fourth-order valence-corrected chi connectivity index (χ4v) is 5.61. The average Bonchev–Trinajstić information content (AvgIpc) is 2.86. The minimum atomic E-state index is -4.09. The van der Waals surface area contributed by atoms with Crippen molar-refractivity contribution in [2.45, 2.75) is 51.2 Å². The maximum absolute atomic E-state index is 13.8. The maximum Gasteiger partial charge on any atom is 0.264 e. The molecule has 7 nitrogen and oxygen atoms in total. The molecular weight excluding hydrogens is 510 g/mol. The van der Waals surface area contributed by atoms with Crippen LogP contribution in [0.25, 0.3) is 0 Å². The third kappa shape index (κ3) is 7.11. The van der Waals surface area contributed by atoms with Crippen molar-refractivity contribution in [3.8, 4) is 0 Å². The molecule has 0 aliphatic carbocycles. The summed E-state index contributed by atoms with van der Waals surface area (Å²) in [7, 11) is -4.09. The largest absolute Gasteiger partial charge is 0.352 e. The minimum absolute atomic E-state index is 0.0676. The second-order valence-electron chi connectivity index (χ2n) is 9.10. The van der Waals surface area contributed by atoms with Crippen molar-refractivity contribution in [3.63, 3.8) is 0 Å². The van der Waals surface area contributed by atoms with E-state index in [-0.39, 0.29) is 23.4 Å². The van der Waals surface area contributed by atoms with Crippen molar-refractivity contribution in [1.29, 1.82) is 0 Å². The minimum Gasteiger partial charge on any atom is -0.352 e. The monoisotopic (exact) mass is 541 g/mol. The summed E-state index contributed by atoms with van der Waals surface area (Å²) < 4.78 is 28.6. The lowest BCUT2D eigenvalue weighted by atomic mass is 10.1. The first-order valence-electron chi connectivity index (χ1n) is 12.0. The number of amides is 2. The van der Waals surface area contributed by atoms with Gasteiger partial charge in [-0.05, 0) is 69.2 Å². The van der Waals surface area contributed by atoms with E-state index in [0.717, 1.165) is 9.87 Å². The third-order valence-corrected chi connectivity index (χ3v) is 7.84. The van der Waals surface area contributed by atoms with Crippen LogP contribution in [0.2, 0.25) is 5.02 Å². The van der Waals surface area contributed by atoms with Gasteiger partial charge in [0.25, 0.3) is 10.0 Å². The van der Waals surface area contributed by atoms with Gasteiger partial charge in [0.1, 0.15) is 12.6 Å². The van der Waals surface area contributed by atoms with Crippen molar-refractivity contribution in [2.75, 3.05) is 10.8 Å². The number of sulfonamides is 1. The number of carbonyl (C=O) groups excluding carboxylic acids is 2. The van der Waals surface area contributed by atoms with E-state index < -0.39 is 28.5 Å². The van der Waals surface area contributed by atoms with Crippen LogP contribution in [0.1, 0.15) is 31.9 Å². The number of rotatable bonds is 10. The predicted octanol–water partition coefficient (Wildman–Crippen LogP) is 4.79. The summed E-state index contributed by atoms with van der Waals surface area (Å²) >= 11 is 6.16. The predicted molar refractivity (Wildman–Crippen MR) is 147 cm³/mol. The van der Waals surface area contributed by atoms with Crippen molar-refractivity contribution in [3.05, 3.63) is 95.0 Å². The lowest BCUT2D eigenvalue weighted by Crippen LogP contribution is -2.52. The van der Waals surface area contributed by atoms with Crippen LogP contribution < -0.4 is 9.62 Å². The van der Waals surface area contributed by atoms with Crippen LogP contribution >= 0.6 is 11.6 Å². The molecule has 3 aromatic carbocycles. The third-order valence-electron chi connectivity index (χ3n) is 5.83. The Hall–Kier alpha value is -3.36. The van der Waals surface area contributed by atoms with Crippen molar-refractivity contribution < 1.29 is 18.0 Å². The van der Waals surface area contributed by atoms with E-state index >= 15 is 0 Å². The van der Waals surface area contributed by atoms with Crippen molar-refractivity contribution in [2.24, 2.45) is 0 Å². The number of nitrogens with zero attached hydrogens (tertiary/aromatic N) is 2. The highest BCUT2D eigenvalue weighted by Crippen LogP contribution is 2.27. The van der Waals surface area contributed by atoms with Gasteiger partial charge in [-0.3, -0.25) is 13.9 Å². The van der Waals surface area contributed by atoms with Crippen LogP contribution in [0, 0.1) is 6.92 Å². The molecule has 0 radical (unpaired) electrons. The fraction of sp³-hybridized carbons (Fsp3) is 0.286. The van der Waals surface area contributed by atoms with E-state index in [1.165, 1.54) is 17.0 Å². The molecule has 1 unspecified atom stereocenters. The summed E-state index contributed by atoms with van der Waals surface area (Å²) in [5.41, 5.74) is 1.81. The molecule has 0 saturated heterocycles. The highest BCUT2D eigenvalue weighted by atomic mass is 35.5. The number of aryl methyl sites for hydroxylation is 1. The first-order valence-corrected chi connectivity index (χ1v) is 13.8. The Bertz CT molecular complexity index is 1350. The van der Waals surface area contributed by atoms with Crippen LogP contribution in [-0.4, -0.2) is 43.8 Å². The second kappa shape index (κ2) is 12.3. The van der Waals surface area contributed by atoms with E-state index in [1.807, 2.05) is 13.8 Å². The smallest absolute Gasteiger partial charge is 0.264 e. The number of halogens is 1. The number of benzene rings is 3. The molecule has 0 fully saturated rings. The summed E-state index contributed by atoms with van der Waals surface area (Å²) in [5.74, 6) is -0.854. The van der Waals surface area contributed by atoms with Gasteiger partial charge in [0.15, 0.2) is 0 Å². The molecule has 0 bridgehead atoms. The molecule has 3 rings (SSSR count). The van der Waals surface area contributed by atoms with E-state index in [0.29, 0.717) is 16.3 Å². The molecule has 0 spiro atoms. The van der Waals surface area contributed by atoms with Gasteiger partial charge in [0.2, 0.25) is 11.8 Å². The Morgan fingerprint density at radius 2 is 1.57 bits per heavy atom. The molecule has 0 aromatic heterocycles. The molecule has 37 heavy (non-hydrogen) atoms. The van der Waals surface area contributed by atoms with E-state index in [9.17, 15) is 18.0 Å². The van der Waals surface area contributed by atoms with Gasteiger partial charge in [-0.1, -0.05) is 60.1 Å². The Morgan fingerprint density at radius 1 is 0.919 bits per heavy atom. The molecule has 3 aromatic rings. The molecule has 2 amide bonds. The average molecular weight is 542 g/mol. The van der Waals surface area contributed by atoms with Crippen LogP contribution in [0.5, 0.6) is 0 Å².